The summed E-state index contributed by atoms with van der Waals surface area (Å²) in [5.74, 6) is 0.642. The van der Waals surface area contributed by atoms with Gasteiger partial charge >= 0.3 is 6.03 Å². The van der Waals surface area contributed by atoms with Gasteiger partial charge in [0, 0.05) is 12.6 Å². The third-order valence-corrected chi connectivity index (χ3v) is 2.42. The van der Waals surface area contributed by atoms with Gasteiger partial charge in [0.1, 0.15) is 12.4 Å². The molecule has 0 atom stereocenters. The van der Waals surface area contributed by atoms with Gasteiger partial charge in [0.25, 0.3) is 0 Å². The van der Waals surface area contributed by atoms with E-state index < -0.39 is 0 Å². The lowest BCUT2D eigenvalue weighted by atomic mass is 10.3. The van der Waals surface area contributed by atoms with Crippen LogP contribution in [0, 0.1) is 0 Å². The van der Waals surface area contributed by atoms with Crippen LogP contribution in [-0.4, -0.2) is 25.2 Å². The highest BCUT2D eigenvalue weighted by Gasteiger charge is 2.23. The maximum absolute atomic E-state index is 11.6. The van der Waals surface area contributed by atoms with Crippen molar-refractivity contribution in [2.45, 2.75) is 18.9 Å². The van der Waals surface area contributed by atoms with Crippen LogP contribution in [0.15, 0.2) is 24.3 Å². The summed E-state index contributed by atoms with van der Waals surface area (Å²) in [6.07, 6.45) is 2.14. The number of benzene rings is 1. The second-order valence-electron chi connectivity index (χ2n) is 4.01. The zero-order valence-corrected chi connectivity index (χ0v) is 9.61. The zero-order chi connectivity index (χ0) is 12.1. The van der Waals surface area contributed by atoms with Crippen molar-refractivity contribution < 1.29 is 9.53 Å². The summed E-state index contributed by atoms with van der Waals surface area (Å²) >= 11 is 0. The lowest BCUT2D eigenvalue weighted by molar-refractivity contribution is 0.251. The SMILES string of the molecule is NCCOc1ccccc1NC(=O)NC1CC1. The number of ether oxygens (including phenoxy) is 1. The van der Waals surface area contributed by atoms with Gasteiger partial charge in [0.05, 0.1) is 5.69 Å². The Morgan fingerprint density at radius 1 is 1.41 bits per heavy atom. The predicted molar refractivity (Wildman–Crippen MR) is 66.2 cm³/mol. The Hall–Kier alpha value is -1.75. The second-order valence-corrected chi connectivity index (χ2v) is 4.01. The van der Waals surface area contributed by atoms with Gasteiger partial charge < -0.3 is 21.1 Å². The van der Waals surface area contributed by atoms with Gasteiger partial charge in [-0.15, -0.1) is 0 Å². The van der Waals surface area contributed by atoms with Gasteiger partial charge in [-0.2, -0.15) is 0 Å². The van der Waals surface area contributed by atoms with E-state index in [2.05, 4.69) is 10.6 Å². The molecule has 0 spiro atoms. The number of hydrogen-bond acceptors (Lipinski definition) is 3. The summed E-state index contributed by atoms with van der Waals surface area (Å²) in [5.41, 5.74) is 6.04. The quantitative estimate of drug-likeness (QED) is 0.720. The highest BCUT2D eigenvalue weighted by Crippen LogP contribution is 2.24. The Bertz CT molecular complexity index is 391. The molecule has 1 saturated carbocycles. The number of carbonyl (C=O) groups is 1. The first-order chi connectivity index (χ1) is 8.29. The Labute approximate surface area is 100 Å². The number of rotatable bonds is 5. The number of nitrogens with one attached hydrogen (secondary N) is 2. The molecule has 5 nitrogen and oxygen atoms in total. The molecule has 1 aliphatic rings. The molecule has 0 saturated heterocycles. The average molecular weight is 235 g/mol. The normalized spacial score (nSPS) is 14.2. The number of hydrogen-bond donors (Lipinski definition) is 3. The number of para-hydroxylation sites is 2. The van der Waals surface area contributed by atoms with Crippen molar-refractivity contribution in [1.82, 2.24) is 5.32 Å². The van der Waals surface area contributed by atoms with Crippen LogP contribution < -0.4 is 21.1 Å². The number of amides is 2. The van der Waals surface area contributed by atoms with Crippen LogP contribution in [0.4, 0.5) is 10.5 Å². The van der Waals surface area contributed by atoms with Crippen molar-refractivity contribution >= 4 is 11.7 Å². The van der Waals surface area contributed by atoms with E-state index in [1.807, 2.05) is 18.2 Å². The fourth-order valence-electron chi connectivity index (χ4n) is 1.44. The monoisotopic (exact) mass is 235 g/mol. The highest BCUT2D eigenvalue weighted by atomic mass is 16.5. The summed E-state index contributed by atoms with van der Waals surface area (Å²) in [6, 6.07) is 7.47. The van der Waals surface area contributed by atoms with Gasteiger partial charge in [-0.25, -0.2) is 4.79 Å². The van der Waals surface area contributed by atoms with E-state index in [-0.39, 0.29) is 6.03 Å². The topological polar surface area (TPSA) is 76.4 Å². The molecule has 0 unspecified atom stereocenters. The molecule has 0 aromatic heterocycles. The minimum Gasteiger partial charge on any atom is -0.490 e. The molecular formula is C12H17N3O2. The van der Waals surface area contributed by atoms with Gasteiger partial charge in [0.15, 0.2) is 0 Å². The van der Waals surface area contributed by atoms with Crippen LogP contribution in [0.25, 0.3) is 0 Å². The Balaban J connectivity index is 1.95. The van der Waals surface area contributed by atoms with Crippen LogP contribution in [-0.2, 0) is 0 Å². The lowest BCUT2D eigenvalue weighted by Gasteiger charge is -2.12. The molecule has 1 aromatic carbocycles. The zero-order valence-electron chi connectivity index (χ0n) is 9.61. The molecule has 5 heteroatoms. The van der Waals surface area contributed by atoms with Gasteiger partial charge in [-0.1, -0.05) is 12.1 Å². The van der Waals surface area contributed by atoms with Gasteiger partial charge in [-0.05, 0) is 25.0 Å². The first-order valence-electron chi connectivity index (χ1n) is 5.79. The summed E-state index contributed by atoms with van der Waals surface area (Å²) in [6.45, 7) is 0.880. The predicted octanol–water partition coefficient (Wildman–Crippen LogP) is 1.31. The van der Waals surface area contributed by atoms with Crippen LogP contribution in [0.3, 0.4) is 0 Å². The number of anilines is 1. The fourth-order valence-corrected chi connectivity index (χ4v) is 1.44. The van der Waals surface area contributed by atoms with E-state index in [4.69, 9.17) is 10.5 Å². The minimum absolute atomic E-state index is 0.184. The molecule has 0 heterocycles. The number of urea groups is 1. The molecule has 92 valence electrons. The maximum atomic E-state index is 11.6. The highest BCUT2D eigenvalue weighted by molar-refractivity contribution is 5.91. The Morgan fingerprint density at radius 2 is 2.18 bits per heavy atom. The third kappa shape index (κ3) is 3.64. The van der Waals surface area contributed by atoms with Crippen molar-refractivity contribution in [1.29, 1.82) is 0 Å². The number of nitrogens with two attached hydrogens (primary N) is 1. The second kappa shape index (κ2) is 5.54. The van der Waals surface area contributed by atoms with E-state index in [1.54, 1.807) is 6.07 Å². The minimum atomic E-state index is -0.184. The molecule has 17 heavy (non-hydrogen) atoms. The smallest absolute Gasteiger partial charge is 0.319 e. The van der Waals surface area contributed by atoms with Crippen LogP contribution in [0.1, 0.15) is 12.8 Å². The first-order valence-corrected chi connectivity index (χ1v) is 5.79. The van der Waals surface area contributed by atoms with E-state index in [0.717, 1.165) is 12.8 Å². The van der Waals surface area contributed by atoms with Gasteiger partial charge in [0.2, 0.25) is 0 Å². The summed E-state index contributed by atoms with van der Waals surface area (Å²) < 4.78 is 5.44. The van der Waals surface area contributed by atoms with Crippen molar-refractivity contribution in [2.24, 2.45) is 5.73 Å². The number of carbonyl (C=O) groups excluding carboxylic acids is 1. The first kappa shape index (κ1) is 11.7. The van der Waals surface area contributed by atoms with E-state index in [0.29, 0.717) is 30.6 Å². The average Bonchev–Trinajstić information content (AvgIpc) is 3.11. The van der Waals surface area contributed by atoms with Crippen molar-refractivity contribution in [2.75, 3.05) is 18.5 Å². The van der Waals surface area contributed by atoms with Crippen molar-refractivity contribution in [3.05, 3.63) is 24.3 Å². The molecular weight excluding hydrogens is 218 g/mol. The van der Waals surface area contributed by atoms with Crippen molar-refractivity contribution in [3.8, 4) is 5.75 Å². The van der Waals surface area contributed by atoms with Gasteiger partial charge in [-0.3, -0.25) is 0 Å². The van der Waals surface area contributed by atoms with E-state index in [1.165, 1.54) is 0 Å². The molecule has 0 bridgehead atoms. The molecule has 0 radical (unpaired) electrons. The Morgan fingerprint density at radius 3 is 2.88 bits per heavy atom. The third-order valence-electron chi connectivity index (χ3n) is 2.42. The van der Waals surface area contributed by atoms with Crippen molar-refractivity contribution in [3.63, 3.8) is 0 Å². The molecule has 0 aliphatic heterocycles. The largest absolute Gasteiger partial charge is 0.490 e. The summed E-state index contributed by atoms with van der Waals surface area (Å²) in [5, 5.41) is 5.63. The van der Waals surface area contributed by atoms with Crippen LogP contribution in [0.2, 0.25) is 0 Å². The maximum Gasteiger partial charge on any atom is 0.319 e. The molecule has 1 aromatic rings. The van der Waals surface area contributed by atoms with Crippen LogP contribution in [0.5, 0.6) is 5.75 Å². The molecule has 1 aliphatic carbocycles. The van der Waals surface area contributed by atoms with E-state index >= 15 is 0 Å². The van der Waals surface area contributed by atoms with E-state index in [9.17, 15) is 4.79 Å². The lowest BCUT2D eigenvalue weighted by Crippen LogP contribution is -2.30. The molecule has 1 fully saturated rings. The standard InChI is InChI=1S/C12H17N3O2/c13-7-8-17-11-4-2-1-3-10(11)15-12(16)14-9-5-6-9/h1-4,9H,5-8,13H2,(H2,14,15,16). The fraction of sp³-hybridized carbons (Fsp3) is 0.417. The Kier molecular flexibility index (Phi) is 3.82. The molecule has 2 amide bonds. The molecule has 2 rings (SSSR count). The summed E-state index contributed by atoms with van der Waals surface area (Å²) in [7, 11) is 0. The molecule has 4 N–H and O–H groups in total. The van der Waals surface area contributed by atoms with Crippen LogP contribution >= 0.6 is 0 Å². The summed E-state index contributed by atoms with van der Waals surface area (Å²) in [4.78, 5) is 11.6.